The molecule has 1 aromatic heterocycles. The van der Waals surface area contributed by atoms with Crippen molar-refractivity contribution in [2.45, 2.75) is 20.4 Å². The normalized spacial score (nSPS) is 12.4. The Morgan fingerprint density at radius 1 is 1.67 bits per heavy atom. The predicted octanol–water partition coefficient (Wildman–Crippen LogP) is 4.05. The molecule has 4 heteroatoms. The molecule has 1 nitrogen and oxygen atoms in total. The molecule has 0 fully saturated rings. The average Bonchev–Trinajstić information content (AvgIpc) is 2.70. The molecule has 15 heavy (non-hydrogen) atoms. The second-order valence-corrected chi connectivity index (χ2v) is 5.78. The Labute approximate surface area is 106 Å². The minimum atomic E-state index is 0.897. The van der Waals surface area contributed by atoms with Crippen LogP contribution in [0.15, 0.2) is 27.8 Å². The van der Waals surface area contributed by atoms with E-state index < -0.39 is 0 Å². The van der Waals surface area contributed by atoms with Gasteiger partial charge in [-0.15, -0.1) is 0 Å². The molecule has 0 unspecified atom stereocenters. The molecule has 0 aliphatic rings. The highest BCUT2D eigenvalue weighted by molar-refractivity contribution is 8.00. The molecule has 0 N–H and O–H groups in total. The standard InChI is InChI=1S/C11H17NS3/c1-3-10(2)15-12(5-6-13)8-11-4-7-14-9-11/h3-4,7,9,13H,5-6,8H2,1-2H3/b10-3+. The van der Waals surface area contributed by atoms with Crippen molar-refractivity contribution in [3.63, 3.8) is 0 Å². The van der Waals surface area contributed by atoms with E-state index in [4.69, 9.17) is 0 Å². The first kappa shape index (κ1) is 13.2. The van der Waals surface area contributed by atoms with Gasteiger partial charge in [0.1, 0.15) is 0 Å². The van der Waals surface area contributed by atoms with E-state index in [1.807, 2.05) is 11.9 Å². The molecule has 0 atom stereocenters. The quantitative estimate of drug-likeness (QED) is 0.606. The minimum absolute atomic E-state index is 0.897. The van der Waals surface area contributed by atoms with Gasteiger partial charge in [0.15, 0.2) is 0 Å². The lowest BCUT2D eigenvalue weighted by Gasteiger charge is -2.19. The molecule has 84 valence electrons. The fraction of sp³-hybridized carbons (Fsp3) is 0.455. The number of nitrogens with zero attached hydrogens (tertiary/aromatic N) is 1. The molecular weight excluding hydrogens is 242 g/mol. The number of hydrogen-bond donors (Lipinski definition) is 1. The zero-order chi connectivity index (χ0) is 11.1. The van der Waals surface area contributed by atoms with E-state index in [0.717, 1.165) is 18.8 Å². The van der Waals surface area contributed by atoms with Gasteiger partial charge < -0.3 is 0 Å². The largest absolute Gasteiger partial charge is 0.241 e. The van der Waals surface area contributed by atoms with Gasteiger partial charge in [0, 0.05) is 18.8 Å². The van der Waals surface area contributed by atoms with Crippen LogP contribution in [0.25, 0.3) is 0 Å². The van der Waals surface area contributed by atoms with E-state index in [9.17, 15) is 0 Å². The molecule has 0 radical (unpaired) electrons. The van der Waals surface area contributed by atoms with Crippen molar-refractivity contribution in [3.8, 4) is 0 Å². The first-order chi connectivity index (χ1) is 7.26. The number of rotatable bonds is 6. The van der Waals surface area contributed by atoms with Gasteiger partial charge in [-0.25, -0.2) is 4.31 Å². The second-order valence-electron chi connectivity index (χ2n) is 3.21. The van der Waals surface area contributed by atoms with Gasteiger partial charge in [-0.3, -0.25) is 0 Å². The Hall–Kier alpha value is 0.1000. The molecule has 0 saturated heterocycles. The van der Waals surface area contributed by atoms with Crippen molar-refractivity contribution >= 4 is 35.9 Å². The number of hydrogen-bond acceptors (Lipinski definition) is 4. The predicted molar refractivity (Wildman–Crippen MR) is 75.6 cm³/mol. The van der Waals surface area contributed by atoms with Crippen LogP contribution in [0.5, 0.6) is 0 Å². The third-order valence-corrected chi connectivity index (χ3v) is 3.99. The van der Waals surface area contributed by atoms with Crippen LogP contribution in [0.2, 0.25) is 0 Å². The summed E-state index contributed by atoms with van der Waals surface area (Å²) >= 11 is 7.86. The smallest absolute Gasteiger partial charge is 0.0352 e. The van der Waals surface area contributed by atoms with Crippen molar-refractivity contribution in [3.05, 3.63) is 33.4 Å². The lowest BCUT2D eigenvalue weighted by Crippen LogP contribution is -2.17. The van der Waals surface area contributed by atoms with Gasteiger partial charge >= 0.3 is 0 Å². The van der Waals surface area contributed by atoms with Gasteiger partial charge in [0.2, 0.25) is 0 Å². The van der Waals surface area contributed by atoms with Crippen molar-refractivity contribution in [2.75, 3.05) is 12.3 Å². The summed E-state index contributed by atoms with van der Waals surface area (Å²) < 4.78 is 2.35. The van der Waals surface area contributed by atoms with Crippen LogP contribution in [-0.2, 0) is 6.54 Å². The van der Waals surface area contributed by atoms with E-state index in [1.54, 1.807) is 11.3 Å². The Morgan fingerprint density at radius 3 is 3.00 bits per heavy atom. The maximum Gasteiger partial charge on any atom is 0.0352 e. The maximum atomic E-state index is 4.29. The van der Waals surface area contributed by atoms with E-state index in [2.05, 4.69) is 53.7 Å². The van der Waals surface area contributed by atoms with Gasteiger partial charge in [-0.2, -0.15) is 24.0 Å². The highest BCUT2D eigenvalue weighted by Gasteiger charge is 2.06. The molecule has 0 saturated carbocycles. The first-order valence-electron chi connectivity index (χ1n) is 4.94. The van der Waals surface area contributed by atoms with Gasteiger partial charge in [-0.05, 0) is 53.1 Å². The van der Waals surface area contributed by atoms with Crippen LogP contribution in [0.1, 0.15) is 19.4 Å². The Morgan fingerprint density at radius 2 is 2.47 bits per heavy atom. The van der Waals surface area contributed by atoms with Crippen molar-refractivity contribution < 1.29 is 0 Å². The molecular formula is C11H17NS3. The fourth-order valence-electron chi connectivity index (χ4n) is 1.11. The van der Waals surface area contributed by atoms with E-state index in [0.29, 0.717) is 0 Å². The van der Waals surface area contributed by atoms with Crippen molar-refractivity contribution in [1.29, 1.82) is 0 Å². The summed E-state index contributed by atoms with van der Waals surface area (Å²) in [5.41, 5.74) is 1.39. The zero-order valence-electron chi connectivity index (χ0n) is 9.14. The molecule has 1 heterocycles. The summed E-state index contributed by atoms with van der Waals surface area (Å²) in [7, 11) is 0. The van der Waals surface area contributed by atoms with Crippen LogP contribution >= 0.6 is 35.9 Å². The van der Waals surface area contributed by atoms with E-state index in [-0.39, 0.29) is 0 Å². The molecule has 0 spiro atoms. The summed E-state index contributed by atoms with van der Waals surface area (Å²) in [5, 5.41) is 4.33. The molecule has 0 aromatic carbocycles. The zero-order valence-corrected chi connectivity index (χ0v) is 11.7. The van der Waals surface area contributed by atoms with Crippen LogP contribution in [0, 0.1) is 0 Å². The topological polar surface area (TPSA) is 3.24 Å². The summed E-state index contributed by atoms with van der Waals surface area (Å²) in [6.45, 7) is 6.23. The van der Waals surface area contributed by atoms with Crippen LogP contribution < -0.4 is 0 Å². The van der Waals surface area contributed by atoms with Crippen LogP contribution in [-0.4, -0.2) is 16.6 Å². The van der Waals surface area contributed by atoms with E-state index in [1.165, 1.54) is 10.5 Å². The van der Waals surface area contributed by atoms with Gasteiger partial charge in [-0.1, -0.05) is 6.08 Å². The molecule has 1 aromatic rings. The van der Waals surface area contributed by atoms with Crippen LogP contribution in [0.3, 0.4) is 0 Å². The van der Waals surface area contributed by atoms with Gasteiger partial charge in [0.25, 0.3) is 0 Å². The Kier molecular flexibility index (Phi) is 6.48. The summed E-state index contributed by atoms with van der Waals surface area (Å²) in [4.78, 5) is 1.34. The Balaban J connectivity index is 2.50. The van der Waals surface area contributed by atoms with Gasteiger partial charge in [0.05, 0.1) is 0 Å². The number of thiophene rings is 1. The summed E-state index contributed by atoms with van der Waals surface area (Å²) in [6.07, 6.45) is 2.14. The lowest BCUT2D eigenvalue weighted by molar-refractivity contribution is 0.500. The Bertz CT molecular complexity index is 293. The highest BCUT2D eigenvalue weighted by Crippen LogP contribution is 2.23. The highest BCUT2D eigenvalue weighted by atomic mass is 32.2. The molecule has 0 amide bonds. The molecule has 0 aliphatic heterocycles. The second kappa shape index (κ2) is 7.39. The first-order valence-corrected chi connectivity index (χ1v) is 7.29. The van der Waals surface area contributed by atoms with Crippen LogP contribution in [0.4, 0.5) is 0 Å². The number of thiol groups is 1. The monoisotopic (exact) mass is 259 g/mol. The maximum absolute atomic E-state index is 4.29. The SMILES string of the molecule is C/C=C(\C)SN(CCS)Cc1ccsc1. The minimum Gasteiger partial charge on any atom is -0.241 e. The third kappa shape index (κ3) is 5.11. The average molecular weight is 259 g/mol. The molecule has 1 rings (SSSR count). The summed E-state index contributed by atoms with van der Waals surface area (Å²) in [6, 6.07) is 2.18. The fourth-order valence-corrected chi connectivity index (χ4v) is 3.06. The molecule has 0 aliphatic carbocycles. The van der Waals surface area contributed by atoms with E-state index >= 15 is 0 Å². The summed E-state index contributed by atoms with van der Waals surface area (Å²) in [5.74, 6) is 0.897. The lowest BCUT2D eigenvalue weighted by atomic mass is 10.3. The van der Waals surface area contributed by atoms with Crippen molar-refractivity contribution in [2.24, 2.45) is 0 Å². The number of allylic oxidation sites excluding steroid dienone is 2. The third-order valence-electron chi connectivity index (χ3n) is 1.97. The van der Waals surface area contributed by atoms with Crippen molar-refractivity contribution in [1.82, 2.24) is 4.31 Å². The molecule has 0 bridgehead atoms.